The summed E-state index contributed by atoms with van der Waals surface area (Å²) in [6, 6.07) is 4.56. The van der Waals surface area contributed by atoms with E-state index in [9.17, 15) is 4.39 Å². The number of hydrogen-bond acceptors (Lipinski definition) is 3. The Hall–Kier alpha value is -2.16. The van der Waals surface area contributed by atoms with Gasteiger partial charge in [0, 0.05) is 37.5 Å². The molecule has 0 radical (unpaired) electrons. The predicted molar refractivity (Wildman–Crippen MR) is 78.7 cm³/mol. The summed E-state index contributed by atoms with van der Waals surface area (Å²) in [5, 5.41) is 12.9. The van der Waals surface area contributed by atoms with Crippen LogP contribution in [0.25, 0.3) is 0 Å². The second kappa shape index (κ2) is 7.02. The van der Waals surface area contributed by atoms with E-state index in [1.165, 1.54) is 12.1 Å². The first-order valence-corrected chi connectivity index (χ1v) is 6.62. The van der Waals surface area contributed by atoms with Gasteiger partial charge in [-0.25, -0.2) is 4.39 Å². The minimum Gasteiger partial charge on any atom is -0.384 e. The molecule has 0 unspecified atom stereocenters. The van der Waals surface area contributed by atoms with Gasteiger partial charge in [0.15, 0.2) is 0 Å². The van der Waals surface area contributed by atoms with Crippen LogP contribution in [-0.4, -0.2) is 33.4 Å². The number of nitrogens with zero attached hydrogens (tertiary/aromatic N) is 3. The Labute approximate surface area is 123 Å². The molecule has 0 amide bonds. The molecule has 2 rings (SSSR count). The third-order valence-electron chi connectivity index (χ3n) is 3.03. The topological polar surface area (TPSA) is 41.3 Å². The summed E-state index contributed by atoms with van der Waals surface area (Å²) in [6.45, 7) is 1.16. The van der Waals surface area contributed by atoms with Gasteiger partial charge in [0.1, 0.15) is 12.4 Å². The zero-order chi connectivity index (χ0) is 15.2. The van der Waals surface area contributed by atoms with Crippen molar-refractivity contribution >= 4 is 0 Å². The summed E-state index contributed by atoms with van der Waals surface area (Å²) >= 11 is 0. The first kappa shape index (κ1) is 15.2. The number of benzene rings is 1. The van der Waals surface area contributed by atoms with Crippen molar-refractivity contribution in [2.45, 2.75) is 13.1 Å². The first-order chi connectivity index (χ1) is 10.1. The van der Waals surface area contributed by atoms with E-state index < -0.39 is 0 Å². The van der Waals surface area contributed by atoms with Crippen LogP contribution in [0.2, 0.25) is 0 Å². The molecule has 0 aliphatic heterocycles. The van der Waals surface area contributed by atoms with Crippen molar-refractivity contribution in [3.05, 3.63) is 53.1 Å². The Morgan fingerprint density at radius 2 is 2.19 bits per heavy atom. The third-order valence-corrected chi connectivity index (χ3v) is 3.03. The number of aryl methyl sites for hydroxylation is 1. The van der Waals surface area contributed by atoms with Crippen molar-refractivity contribution in [3.8, 4) is 11.8 Å². The highest BCUT2D eigenvalue weighted by Crippen LogP contribution is 2.14. The first-order valence-electron chi connectivity index (χ1n) is 6.62. The standard InChI is InChI=1S/C16H18FN3O/c1-19(10-13-9-18-20(2)11-13)12-15-5-6-16(17)8-14(15)4-3-7-21/h5-6,8-9,11,21H,7,10,12H2,1-2H3. The van der Waals surface area contributed by atoms with E-state index >= 15 is 0 Å². The lowest BCUT2D eigenvalue weighted by Gasteiger charge is -2.16. The Balaban J connectivity index is 2.11. The average molecular weight is 287 g/mol. The molecule has 0 fully saturated rings. The largest absolute Gasteiger partial charge is 0.384 e. The molecule has 5 heteroatoms. The van der Waals surface area contributed by atoms with Gasteiger partial charge >= 0.3 is 0 Å². The fourth-order valence-corrected chi connectivity index (χ4v) is 2.15. The van der Waals surface area contributed by atoms with Crippen LogP contribution in [0.1, 0.15) is 16.7 Å². The predicted octanol–water partition coefficient (Wildman–Crippen LogP) is 1.53. The summed E-state index contributed by atoms with van der Waals surface area (Å²) in [5.74, 6) is 5.04. The average Bonchev–Trinajstić information content (AvgIpc) is 2.84. The smallest absolute Gasteiger partial charge is 0.124 e. The Bertz CT molecular complexity index is 670. The number of halogens is 1. The number of aliphatic hydroxyl groups excluding tert-OH is 1. The maximum Gasteiger partial charge on any atom is 0.124 e. The maximum atomic E-state index is 13.3. The molecule has 0 aliphatic rings. The normalized spacial score (nSPS) is 10.5. The van der Waals surface area contributed by atoms with Crippen LogP contribution in [0, 0.1) is 17.7 Å². The molecule has 0 aliphatic carbocycles. The van der Waals surface area contributed by atoms with Crippen molar-refractivity contribution in [1.82, 2.24) is 14.7 Å². The van der Waals surface area contributed by atoms with Crippen LogP contribution in [0.5, 0.6) is 0 Å². The molecule has 0 bridgehead atoms. The summed E-state index contributed by atoms with van der Waals surface area (Å²) in [6.07, 6.45) is 3.79. The number of aliphatic hydroxyl groups is 1. The Kier molecular flexibility index (Phi) is 5.09. The van der Waals surface area contributed by atoms with Gasteiger partial charge in [-0.15, -0.1) is 0 Å². The maximum absolute atomic E-state index is 13.3. The molecule has 1 N–H and O–H groups in total. The minimum atomic E-state index is -0.323. The summed E-state index contributed by atoms with van der Waals surface area (Å²) in [7, 11) is 3.87. The van der Waals surface area contributed by atoms with E-state index in [1.807, 2.05) is 26.5 Å². The van der Waals surface area contributed by atoms with E-state index in [0.29, 0.717) is 12.1 Å². The lowest BCUT2D eigenvalue weighted by atomic mass is 10.1. The second-order valence-corrected chi connectivity index (χ2v) is 4.96. The molecule has 0 spiro atoms. The molecular weight excluding hydrogens is 269 g/mol. The zero-order valence-corrected chi connectivity index (χ0v) is 12.2. The van der Waals surface area contributed by atoms with E-state index in [2.05, 4.69) is 21.8 Å². The highest BCUT2D eigenvalue weighted by Gasteiger charge is 2.07. The summed E-state index contributed by atoms with van der Waals surface area (Å²) in [4.78, 5) is 2.11. The van der Waals surface area contributed by atoms with Gasteiger partial charge in [-0.1, -0.05) is 17.9 Å². The van der Waals surface area contributed by atoms with Gasteiger partial charge in [0.2, 0.25) is 0 Å². The van der Waals surface area contributed by atoms with Crippen molar-refractivity contribution in [1.29, 1.82) is 0 Å². The van der Waals surface area contributed by atoms with Crippen molar-refractivity contribution < 1.29 is 9.50 Å². The van der Waals surface area contributed by atoms with Gasteiger partial charge in [-0.3, -0.25) is 9.58 Å². The van der Waals surface area contributed by atoms with Crippen LogP contribution in [0.3, 0.4) is 0 Å². The van der Waals surface area contributed by atoms with E-state index in [0.717, 1.165) is 17.7 Å². The Morgan fingerprint density at radius 3 is 2.86 bits per heavy atom. The quantitative estimate of drug-likeness (QED) is 0.867. The van der Waals surface area contributed by atoms with Gasteiger partial charge < -0.3 is 5.11 Å². The Morgan fingerprint density at radius 1 is 1.38 bits per heavy atom. The minimum absolute atomic E-state index is 0.235. The fraction of sp³-hybridized carbons (Fsp3) is 0.312. The van der Waals surface area contributed by atoms with Gasteiger partial charge in [-0.05, 0) is 24.7 Å². The number of hydrogen-bond donors (Lipinski definition) is 1. The monoisotopic (exact) mass is 287 g/mol. The SMILES string of the molecule is CN(Cc1cnn(C)c1)Cc1ccc(F)cc1C#CCO. The van der Waals surface area contributed by atoms with E-state index in [-0.39, 0.29) is 12.4 Å². The summed E-state index contributed by atoms with van der Waals surface area (Å²) < 4.78 is 15.1. The molecule has 21 heavy (non-hydrogen) atoms. The van der Waals surface area contributed by atoms with Gasteiger partial charge in [-0.2, -0.15) is 5.10 Å². The molecule has 1 aromatic carbocycles. The van der Waals surface area contributed by atoms with Crippen molar-refractivity contribution in [3.63, 3.8) is 0 Å². The molecule has 1 aromatic heterocycles. The van der Waals surface area contributed by atoms with Crippen LogP contribution in [0.4, 0.5) is 4.39 Å². The highest BCUT2D eigenvalue weighted by atomic mass is 19.1. The molecular formula is C16H18FN3O. The molecule has 1 heterocycles. The fourth-order valence-electron chi connectivity index (χ4n) is 2.15. The van der Waals surface area contributed by atoms with Crippen LogP contribution in [0.15, 0.2) is 30.6 Å². The van der Waals surface area contributed by atoms with E-state index in [4.69, 9.17) is 5.11 Å². The second-order valence-electron chi connectivity index (χ2n) is 4.96. The number of aromatic nitrogens is 2. The molecule has 110 valence electrons. The molecule has 4 nitrogen and oxygen atoms in total. The van der Waals surface area contributed by atoms with Crippen LogP contribution >= 0.6 is 0 Å². The molecule has 0 atom stereocenters. The summed E-state index contributed by atoms with van der Waals surface area (Å²) in [5.41, 5.74) is 2.66. The van der Waals surface area contributed by atoms with E-state index in [1.54, 1.807) is 10.7 Å². The third kappa shape index (κ3) is 4.42. The van der Waals surface area contributed by atoms with Crippen molar-refractivity contribution in [2.75, 3.05) is 13.7 Å². The lowest BCUT2D eigenvalue weighted by molar-refractivity contribution is 0.318. The van der Waals surface area contributed by atoms with Crippen LogP contribution in [-0.2, 0) is 20.1 Å². The molecule has 0 saturated carbocycles. The van der Waals surface area contributed by atoms with Crippen LogP contribution < -0.4 is 0 Å². The number of rotatable bonds is 4. The lowest BCUT2D eigenvalue weighted by Crippen LogP contribution is -2.17. The van der Waals surface area contributed by atoms with Gasteiger partial charge in [0.25, 0.3) is 0 Å². The molecule has 0 saturated heterocycles. The zero-order valence-electron chi connectivity index (χ0n) is 12.2. The van der Waals surface area contributed by atoms with Gasteiger partial charge in [0.05, 0.1) is 6.20 Å². The van der Waals surface area contributed by atoms with Crippen molar-refractivity contribution in [2.24, 2.45) is 7.05 Å². The molecule has 2 aromatic rings. The highest BCUT2D eigenvalue weighted by molar-refractivity contribution is 5.41.